The Hall–Kier alpha value is -2.11. The molecule has 7 atom stereocenters. The molecule has 0 aromatic carbocycles. The second-order valence-electron chi connectivity index (χ2n) is 18.3. The number of aliphatic hydroxyl groups is 5. The van der Waals surface area contributed by atoms with Crippen molar-refractivity contribution in [1.82, 2.24) is 5.32 Å². The minimum Gasteiger partial charge on any atom is -0.394 e. The summed E-state index contributed by atoms with van der Waals surface area (Å²) in [5.41, 5.74) is 0. The van der Waals surface area contributed by atoms with Crippen LogP contribution in [0.1, 0.15) is 226 Å². The van der Waals surface area contributed by atoms with Crippen LogP contribution in [0, 0.1) is 0 Å². The number of rotatable bonds is 44. The zero-order valence-electron chi connectivity index (χ0n) is 41.0. The van der Waals surface area contributed by atoms with Crippen LogP contribution >= 0.6 is 0 Å². The molecule has 1 amide bonds. The molecule has 0 bridgehead atoms. The number of ether oxygens (including phenoxy) is 2. The topological polar surface area (TPSA) is 149 Å². The van der Waals surface area contributed by atoms with Crippen molar-refractivity contribution < 1.29 is 39.8 Å². The van der Waals surface area contributed by atoms with E-state index in [4.69, 9.17) is 9.47 Å². The van der Waals surface area contributed by atoms with Crippen LogP contribution < -0.4 is 5.32 Å². The highest BCUT2D eigenvalue weighted by Crippen LogP contribution is 2.23. The number of hydrogen-bond acceptors (Lipinski definition) is 8. The van der Waals surface area contributed by atoms with Crippen LogP contribution in [0.25, 0.3) is 0 Å². The molecule has 7 unspecified atom stereocenters. The molecule has 1 aliphatic heterocycles. The van der Waals surface area contributed by atoms with Gasteiger partial charge < -0.3 is 40.3 Å². The lowest BCUT2D eigenvalue weighted by Crippen LogP contribution is -2.60. The number of unbranched alkanes of at least 4 members (excludes halogenated alkanes) is 26. The number of aliphatic hydroxyl groups excluding tert-OH is 5. The van der Waals surface area contributed by atoms with E-state index in [0.717, 1.165) is 57.8 Å². The van der Waals surface area contributed by atoms with Crippen molar-refractivity contribution in [2.45, 2.75) is 269 Å². The summed E-state index contributed by atoms with van der Waals surface area (Å²) in [6, 6.07) is -0.829. The lowest BCUT2D eigenvalue weighted by Gasteiger charge is -2.40. The van der Waals surface area contributed by atoms with Gasteiger partial charge in [0.1, 0.15) is 24.4 Å². The summed E-state index contributed by atoms with van der Waals surface area (Å²) in [5, 5.41) is 54.2. The molecule has 6 N–H and O–H groups in total. The quantitative estimate of drug-likeness (QED) is 0.0262. The molecular weight excluding hydrogens is 803 g/mol. The number of carbonyl (C=O) groups excluding carboxylic acids is 1. The zero-order chi connectivity index (χ0) is 46.6. The first-order chi connectivity index (χ1) is 31.3. The SMILES string of the molecule is CCCC/C=C/CC/C=C/CC/C=C/C(O)C(COC1OC(CO)C(O)C(O)C1O)NC(=O)CCCCCCCCCCCCCCC/C=C\C/C=C\CCCCCCCCCCC. The molecule has 1 heterocycles. The molecule has 1 rings (SSSR count). The maximum Gasteiger partial charge on any atom is 0.220 e. The summed E-state index contributed by atoms with van der Waals surface area (Å²) in [6.45, 7) is 3.70. The molecule has 0 aromatic rings. The second-order valence-corrected chi connectivity index (χ2v) is 18.3. The van der Waals surface area contributed by atoms with Crippen LogP contribution in [0.4, 0.5) is 0 Å². The molecule has 1 fully saturated rings. The average molecular weight is 902 g/mol. The second kappa shape index (κ2) is 44.7. The fraction of sp³-hybridized carbons (Fsp3) is 0.800. The van der Waals surface area contributed by atoms with Gasteiger partial charge in [0, 0.05) is 6.42 Å². The van der Waals surface area contributed by atoms with Gasteiger partial charge in [0.2, 0.25) is 5.91 Å². The monoisotopic (exact) mass is 902 g/mol. The van der Waals surface area contributed by atoms with Crippen LogP contribution in [-0.4, -0.2) is 87.5 Å². The fourth-order valence-corrected chi connectivity index (χ4v) is 8.03. The van der Waals surface area contributed by atoms with Crippen molar-refractivity contribution in [2.24, 2.45) is 0 Å². The Kier molecular flexibility index (Phi) is 41.9. The van der Waals surface area contributed by atoms with E-state index in [9.17, 15) is 30.3 Å². The van der Waals surface area contributed by atoms with E-state index in [1.807, 2.05) is 6.08 Å². The minimum atomic E-state index is -1.58. The maximum absolute atomic E-state index is 13.0. The predicted octanol–water partition coefficient (Wildman–Crippen LogP) is 12.3. The molecular formula is C55H99NO8. The van der Waals surface area contributed by atoms with E-state index in [1.165, 1.54) is 148 Å². The molecule has 0 spiro atoms. The van der Waals surface area contributed by atoms with Crippen molar-refractivity contribution >= 4 is 5.91 Å². The van der Waals surface area contributed by atoms with E-state index in [0.29, 0.717) is 6.42 Å². The highest BCUT2D eigenvalue weighted by Gasteiger charge is 2.44. The average Bonchev–Trinajstić information content (AvgIpc) is 3.29. The molecule has 9 nitrogen and oxygen atoms in total. The zero-order valence-corrected chi connectivity index (χ0v) is 41.0. The Labute approximate surface area is 392 Å². The van der Waals surface area contributed by atoms with Gasteiger partial charge in [-0.1, -0.05) is 209 Å². The van der Waals surface area contributed by atoms with E-state index in [1.54, 1.807) is 6.08 Å². The van der Waals surface area contributed by atoms with Gasteiger partial charge in [-0.2, -0.15) is 0 Å². The molecule has 1 aliphatic rings. The Balaban J connectivity index is 2.19. The summed E-state index contributed by atoms with van der Waals surface area (Å²) < 4.78 is 11.2. The van der Waals surface area contributed by atoms with E-state index < -0.39 is 49.5 Å². The van der Waals surface area contributed by atoms with Gasteiger partial charge in [0.25, 0.3) is 0 Å². The third-order valence-corrected chi connectivity index (χ3v) is 12.3. The summed E-state index contributed by atoms with van der Waals surface area (Å²) in [4.78, 5) is 13.0. The Morgan fingerprint density at radius 2 is 0.953 bits per heavy atom. The lowest BCUT2D eigenvalue weighted by molar-refractivity contribution is -0.302. The van der Waals surface area contributed by atoms with Crippen LogP contribution in [0.2, 0.25) is 0 Å². The maximum atomic E-state index is 13.0. The number of amides is 1. The Morgan fingerprint density at radius 1 is 0.531 bits per heavy atom. The summed E-state index contributed by atoms with van der Waals surface area (Å²) in [6.07, 6.45) is 52.9. The third kappa shape index (κ3) is 34.2. The fourth-order valence-electron chi connectivity index (χ4n) is 8.03. The van der Waals surface area contributed by atoms with Gasteiger partial charge in [-0.3, -0.25) is 4.79 Å². The number of allylic oxidation sites excluding steroid dienone is 9. The highest BCUT2D eigenvalue weighted by molar-refractivity contribution is 5.76. The van der Waals surface area contributed by atoms with Gasteiger partial charge in [-0.15, -0.1) is 0 Å². The molecule has 0 saturated carbocycles. The molecule has 0 aliphatic carbocycles. The normalized spacial score (nSPS) is 20.5. The summed E-state index contributed by atoms with van der Waals surface area (Å²) >= 11 is 0. The lowest BCUT2D eigenvalue weighted by atomic mass is 9.99. The third-order valence-electron chi connectivity index (χ3n) is 12.3. The van der Waals surface area contributed by atoms with E-state index in [2.05, 4.69) is 67.8 Å². The van der Waals surface area contributed by atoms with Crippen LogP contribution in [0.5, 0.6) is 0 Å². The van der Waals surface area contributed by atoms with Gasteiger partial charge in [0.05, 0.1) is 25.4 Å². The number of carbonyl (C=O) groups is 1. The molecule has 9 heteroatoms. The smallest absolute Gasteiger partial charge is 0.220 e. The predicted molar refractivity (Wildman–Crippen MR) is 267 cm³/mol. The Morgan fingerprint density at radius 3 is 1.45 bits per heavy atom. The first-order valence-corrected chi connectivity index (χ1v) is 26.5. The van der Waals surface area contributed by atoms with E-state index in [-0.39, 0.29) is 12.5 Å². The number of nitrogens with one attached hydrogen (secondary N) is 1. The highest BCUT2D eigenvalue weighted by atomic mass is 16.7. The minimum absolute atomic E-state index is 0.194. The standard InChI is InChI=1S/C55H99NO8/c1-3-5-7-9-11-13-15-17-18-19-20-21-22-23-24-25-26-27-28-29-30-31-32-33-35-37-39-41-43-45-51(59)56-48(47-63-55-54(62)53(61)52(60)50(46-57)64-55)49(58)44-42-40-38-36-34-16-14-12-10-8-6-4-2/h10,12,20-21,23-24,34,36,42,44,48-50,52-55,57-58,60-62H,3-9,11,13-19,22,25-33,35,37-41,43,45-47H2,1-2H3,(H,56,59)/b12-10+,21-20-,24-23-,36-34+,44-42+. The van der Waals surface area contributed by atoms with Crippen LogP contribution in [0.15, 0.2) is 60.8 Å². The molecule has 1 saturated heterocycles. The van der Waals surface area contributed by atoms with E-state index >= 15 is 0 Å². The van der Waals surface area contributed by atoms with Crippen molar-refractivity contribution in [3.8, 4) is 0 Å². The Bertz CT molecular complexity index is 1180. The first-order valence-electron chi connectivity index (χ1n) is 26.5. The summed E-state index contributed by atoms with van der Waals surface area (Å²) in [7, 11) is 0. The molecule has 0 radical (unpaired) electrons. The van der Waals surface area contributed by atoms with Gasteiger partial charge in [-0.05, 0) is 70.6 Å². The molecule has 372 valence electrons. The van der Waals surface area contributed by atoms with Gasteiger partial charge in [0.15, 0.2) is 6.29 Å². The molecule has 0 aromatic heterocycles. The molecule has 64 heavy (non-hydrogen) atoms. The van der Waals surface area contributed by atoms with Gasteiger partial charge >= 0.3 is 0 Å². The first kappa shape index (κ1) is 59.9. The van der Waals surface area contributed by atoms with Gasteiger partial charge in [-0.25, -0.2) is 0 Å². The summed E-state index contributed by atoms with van der Waals surface area (Å²) in [5.74, 6) is -0.194. The largest absolute Gasteiger partial charge is 0.394 e. The van der Waals surface area contributed by atoms with Crippen molar-refractivity contribution in [2.75, 3.05) is 13.2 Å². The number of hydrogen-bond donors (Lipinski definition) is 6. The van der Waals surface area contributed by atoms with Crippen LogP contribution in [-0.2, 0) is 14.3 Å². The van der Waals surface area contributed by atoms with Crippen molar-refractivity contribution in [3.63, 3.8) is 0 Å². The van der Waals surface area contributed by atoms with Crippen molar-refractivity contribution in [3.05, 3.63) is 60.8 Å². The van der Waals surface area contributed by atoms with Crippen LogP contribution in [0.3, 0.4) is 0 Å². The van der Waals surface area contributed by atoms with Crippen molar-refractivity contribution in [1.29, 1.82) is 0 Å².